The second-order valence-corrected chi connectivity index (χ2v) is 6.52. The summed E-state index contributed by atoms with van der Waals surface area (Å²) in [5.41, 5.74) is -0.228. The van der Waals surface area contributed by atoms with Crippen LogP contribution in [0.25, 0.3) is 0 Å². The number of hydrogen-bond donors (Lipinski definition) is 4. The highest BCUT2D eigenvalue weighted by molar-refractivity contribution is 7.80. The highest BCUT2D eigenvalue weighted by atomic mass is 32.3. The van der Waals surface area contributed by atoms with Crippen molar-refractivity contribution < 1.29 is 46.6 Å². The number of aliphatic hydroxyl groups is 2. The number of ether oxygens (including phenoxy) is 2. The van der Waals surface area contributed by atoms with E-state index in [0.717, 1.165) is 19.1 Å². The molecule has 1 aromatic rings. The number of nitro benzene ring substituents is 1. The quantitative estimate of drug-likeness (QED) is 0.248. The normalized spacial score (nSPS) is 28.4. The number of nitro groups is 1. The van der Waals surface area contributed by atoms with Gasteiger partial charge < -0.3 is 25.0 Å². The minimum Gasteiger partial charge on any atom is -0.462 e. The lowest BCUT2D eigenvalue weighted by atomic mass is 10.0. The first-order chi connectivity index (χ1) is 12.5. The molecule has 1 fully saturated rings. The predicted molar refractivity (Wildman–Crippen MR) is 84.6 cm³/mol. The van der Waals surface area contributed by atoms with Gasteiger partial charge in [0.2, 0.25) is 18.5 Å². The summed E-state index contributed by atoms with van der Waals surface area (Å²) in [6, 6.07) is 3.27. The van der Waals surface area contributed by atoms with Gasteiger partial charge in [0.1, 0.15) is 24.0 Å². The Hall–Kier alpha value is -2.36. The lowest BCUT2D eigenvalue weighted by Gasteiger charge is -2.41. The van der Waals surface area contributed by atoms with E-state index in [9.17, 15) is 33.5 Å². The number of nitrogens with one attached hydrogen (secondary N) is 1. The van der Waals surface area contributed by atoms with Crippen LogP contribution in [0.15, 0.2) is 24.3 Å². The Labute approximate surface area is 152 Å². The van der Waals surface area contributed by atoms with Gasteiger partial charge in [-0.15, -0.1) is 0 Å². The number of hydrogen-bond acceptors (Lipinski definition) is 10. The number of non-ortho nitro benzene ring substituents is 1. The fourth-order valence-electron chi connectivity index (χ4n) is 2.30. The largest absolute Gasteiger partial charge is 0.462 e. The Balaban J connectivity index is 2.26. The molecular weight excluding hydrogens is 392 g/mol. The number of carbonyl (C=O) groups excluding carboxylic acids is 1. The summed E-state index contributed by atoms with van der Waals surface area (Å²) in [5.74, 6) is -0.614. The summed E-state index contributed by atoms with van der Waals surface area (Å²) in [4.78, 5) is 21.4. The molecule has 0 aromatic heterocycles. The Bertz CT molecular complexity index is 797. The van der Waals surface area contributed by atoms with Crippen LogP contribution in [0, 0.1) is 10.1 Å². The van der Waals surface area contributed by atoms with Crippen LogP contribution in [0.5, 0.6) is 5.75 Å². The third kappa shape index (κ3) is 5.56. The predicted octanol–water partition coefficient (Wildman–Crippen LogP) is -1.30. The Kier molecular flexibility index (Phi) is 6.30. The zero-order valence-corrected chi connectivity index (χ0v) is 14.5. The highest BCUT2D eigenvalue weighted by Crippen LogP contribution is 2.27. The summed E-state index contributed by atoms with van der Waals surface area (Å²) in [6.45, 7) is 1.11. The molecule has 4 N–H and O–H groups in total. The van der Waals surface area contributed by atoms with Gasteiger partial charge in [0, 0.05) is 19.1 Å². The number of benzene rings is 1. The van der Waals surface area contributed by atoms with Crippen molar-refractivity contribution in [1.29, 1.82) is 0 Å². The molecule has 2 rings (SSSR count). The second-order valence-electron chi connectivity index (χ2n) is 5.47. The lowest BCUT2D eigenvalue weighted by molar-refractivity contribution is -0.384. The minimum absolute atomic E-state index is 0.00940. The smallest absolute Gasteiger partial charge is 0.399 e. The van der Waals surface area contributed by atoms with Gasteiger partial charge in [-0.2, -0.15) is 8.42 Å². The van der Waals surface area contributed by atoms with Crippen molar-refractivity contribution >= 4 is 22.0 Å². The van der Waals surface area contributed by atoms with Gasteiger partial charge >= 0.3 is 10.4 Å². The second kappa shape index (κ2) is 8.12. The lowest BCUT2D eigenvalue weighted by Crippen LogP contribution is -2.65. The monoisotopic (exact) mass is 408 g/mol. The van der Waals surface area contributed by atoms with E-state index in [1.54, 1.807) is 0 Å². The molecule has 0 radical (unpaired) electrons. The molecule has 1 aliphatic rings. The highest BCUT2D eigenvalue weighted by Gasteiger charge is 2.48. The number of aliphatic hydroxyl groups excluding tert-OH is 2. The Morgan fingerprint density at radius 1 is 1.22 bits per heavy atom. The molecule has 1 amide bonds. The maximum absolute atomic E-state index is 11.3. The molecule has 1 aromatic carbocycles. The van der Waals surface area contributed by atoms with Crippen molar-refractivity contribution in [2.45, 2.75) is 37.8 Å². The van der Waals surface area contributed by atoms with Crippen molar-refractivity contribution in [3.05, 3.63) is 34.4 Å². The van der Waals surface area contributed by atoms with Crippen LogP contribution in [-0.2, 0) is 24.1 Å². The van der Waals surface area contributed by atoms with Gasteiger partial charge in [-0.05, 0) is 12.1 Å². The number of amides is 1. The summed E-state index contributed by atoms with van der Waals surface area (Å²) in [5, 5.41) is 33.0. The summed E-state index contributed by atoms with van der Waals surface area (Å²) >= 11 is 0. The van der Waals surface area contributed by atoms with E-state index in [4.69, 9.17) is 14.0 Å². The average Bonchev–Trinajstić information content (AvgIpc) is 2.55. The molecule has 0 spiro atoms. The zero-order chi connectivity index (χ0) is 20.4. The van der Waals surface area contributed by atoms with E-state index in [-0.39, 0.29) is 11.4 Å². The summed E-state index contributed by atoms with van der Waals surface area (Å²) in [6.07, 6.45) is -7.36. The molecule has 150 valence electrons. The van der Waals surface area contributed by atoms with Crippen LogP contribution in [0.2, 0.25) is 0 Å². The van der Waals surface area contributed by atoms with E-state index < -0.39 is 52.1 Å². The van der Waals surface area contributed by atoms with E-state index in [1.807, 2.05) is 0 Å². The molecule has 0 aliphatic carbocycles. The van der Waals surface area contributed by atoms with E-state index in [1.165, 1.54) is 12.1 Å². The maximum Gasteiger partial charge on any atom is 0.399 e. The number of carbonyl (C=O) groups is 1. The summed E-state index contributed by atoms with van der Waals surface area (Å²) < 4.78 is 45.1. The molecule has 13 nitrogen and oxygen atoms in total. The van der Waals surface area contributed by atoms with E-state index in [2.05, 4.69) is 9.50 Å². The maximum atomic E-state index is 11.3. The molecule has 0 unspecified atom stereocenters. The molecule has 1 heterocycles. The molecule has 1 saturated heterocycles. The van der Waals surface area contributed by atoms with Gasteiger partial charge in [0.05, 0.1) is 4.92 Å². The zero-order valence-electron chi connectivity index (χ0n) is 13.7. The van der Waals surface area contributed by atoms with Crippen LogP contribution in [0.1, 0.15) is 6.92 Å². The van der Waals surface area contributed by atoms with Crippen LogP contribution in [-0.4, -0.2) is 64.8 Å². The molecular formula is C13H16N2O11S. The molecule has 5 atom stereocenters. The third-order valence-corrected chi connectivity index (χ3v) is 3.88. The average molecular weight is 408 g/mol. The van der Waals surface area contributed by atoms with Crippen molar-refractivity contribution in [2.75, 3.05) is 0 Å². The molecule has 0 saturated carbocycles. The number of nitrogens with zero attached hydrogens (tertiary/aromatic N) is 1. The van der Waals surface area contributed by atoms with Gasteiger partial charge in [0.15, 0.2) is 0 Å². The molecule has 14 heteroatoms. The first-order valence-electron chi connectivity index (χ1n) is 7.33. The molecule has 27 heavy (non-hydrogen) atoms. The van der Waals surface area contributed by atoms with Crippen molar-refractivity contribution in [2.24, 2.45) is 0 Å². The van der Waals surface area contributed by atoms with Crippen molar-refractivity contribution in [3.8, 4) is 5.75 Å². The first-order valence-corrected chi connectivity index (χ1v) is 8.70. The molecule has 0 bridgehead atoms. The topological polar surface area (TPSA) is 195 Å². The third-order valence-electron chi connectivity index (χ3n) is 3.44. The van der Waals surface area contributed by atoms with Crippen LogP contribution < -0.4 is 10.1 Å². The minimum atomic E-state index is -5.05. The van der Waals surface area contributed by atoms with Crippen LogP contribution in [0.4, 0.5) is 5.69 Å². The van der Waals surface area contributed by atoms with Gasteiger partial charge in [-0.1, -0.05) is 0 Å². The van der Waals surface area contributed by atoms with Crippen molar-refractivity contribution in [1.82, 2.24) is 5.32 Å². The van der Waals surface area contributed by atoms with E-state index >= 15 is 0 Å². The summed E-state index contributed by atoms with van der Waals surface area (Å²) in [7, 11) is -5.05. The SMILES string of the molecule is CC(=O)N[C@H]1[C@H](Oc2ccc([N+](=O)[O-])cc2)O[C@H](OS(=O)(=O)O)[C@@H](O)[C@@H]1O. The number of rotatable bonds is 6. The fourth-order valence-corrected chi connectivity index (χ4v) is 2.70. The van der Waals surface area contributed by atoms with Crippen LogP contribution >= 0.6 is 0 Å². The Morgan fingerprint density at radius 3 is 2.30 bits per heavy atom. The van der Waals surface area contributed by atoms with Gasteiger partial charge in [-0.25, -0.2) is 4.18 Å². The first kappa shape index (κ1) is 20.9. The fraction of sp³-hybridized carbons (Fsp3) is 0.462. The molecule has 1 aliphatic heterocycles. The van der Waals surface area contributed by atoms with Crippen molar-refractivity contribution in [3.63, 3.8) is 0 Å². The Morgan fingerprint density at radius 2 is 1.81 bits per heavy atom. The van der Waals surface area contributed by atoms with Crippen LogP contribution in [0.3, 0.4) is 0 Å². The standard InChI is InChI=1S/C13H16N2O11S/c1-6(16)14-9-10(17)11(18)13(26-27(21,22)23)25-12(9)24-8-4-2-7(3-5-8)15(19)20/h2-5,9-13,17-18H,1H3,(H,14,16)(H,21,22,23)/t9-,10-,11+,12-,13-/m1/s1. The van der Waals surface area contributed by atoms with Gasteiger partial charge in [-0.3, -0.25) is 19.5 Å². The van der Waals surface area contributed by atoms with Gasteiger partial charge in [0.25, 0.3) is 5.69 Å². The van der Waals surface area contributed by atoms with E-state index in [0.29, 0.717) is 0 Å².